The van der Waals surface area contributed by atoms with Crippen molar-refractivity contribution in [3.8, 4) is 0 Å². The molecule has 98 valence electrons. The molecule has 18 heavy (non-hydrogen) atoms. The second kappa shape index (κ2) is 5.94. The van der Waals surface area contributed by atoms with Gasteiger partial charge in [-0.05, 0) is 43.7 Å². The SMILES string of the molecule is CCC1CCC(NC(=O)c2cccnc2F)CC1. The van der Waals surface area contributed by atoms with Gasteiger partial charge in [-0.15, -0.1) is 0 Å². The highest BCUT2D eigenvalue weighted by Crippen LogP contribution is 2.26. The molecule has 4 heteroatoms. The first-order valence-corrected chi connectivity index (χ1v) is 6.62. The highest BCUT2D eigenvalue weighted by Gasteiger charge is 2.22. The van der Waals surface area contributed by atoms with Crippen molar-refractivity contribution < 1.29 is 9.18 Å². The maximum Gasteiger partial charge on any atom is 0.256 e. The minimum Gasteiger partial charge on any atom is -0.349 e. The number of nitrogens with zero attached hydrogens (tertiary/aromatic N) is 1. The molecule has 0 atom stereocenters. The van der Waals surface area contributed by atoms with Crippen molar-refractivity contribution in [1.82, 2.24) is 10.3 Å². The minimum atomic E-state index is -0.697. The van der Waals surface area contributed by atoms with Crippen LogP contribution in [0.15, 0.2) is 18.3 Å². The number of aromatic nitrogens is 1. The molecule has 1 aliphatic rings. The summed E-state index contributed by atoms with van der Waals surface area (Å²) in [5.41, 5.74) is 0.0371. The summed E-state index contributed by atoms with van der Waals surface area (Å²) in [7, 11) is 0. The van der Waals surface area contributed by atoms with Gasteiger partial charge in [0, 0.05) is 12.2 Å². The van der Waals surface area contributed by atoms with Gasteiger partial charge in [0.2, 0.25) is 5.95 Å². The lowest BCUT2D eigenvalue weighted by atomic mass is 9.84. The molecule has 1 heterocycles. The number of carbonyl (C=O) groups excluding carboxylic acids is 1. The van der Waals surface area contributed by atoms with Gasteiger partial charge >= 0.3 is 0 Å². The van der Waals surface area contributed by atoms with Crippen LogP contribution in [0, 0.1) is 11.9 Å². The standard InChI is InChI=1S/C14H19FN2O/c1-2-10-5-7-11(8-6-10)17-14(18)12-4-3-9-16-13(12)15/h3-4,9-11H,2,5-8H2,1H3,(H,17,18). The molecule has 1 aliphatic carbocycles. The zero-order valence-electron chi connectivity index (χ0n) is 10.7. The van der Waals surface area contributed by atoms with Crippen molar-refractivity contribution in [1.29, 1.82) is 0 Å². The second-order valence-corrected chi connectivity index (χ2v) is 4.94. The number of carbonyl (C=O) groups is 1. The maximum atomic E-state index is 13.3. The van der Waals surface area contributed by atoms with Crippen LogP contribution >= 0.6 is 0 Å². The van der Waals surface area contributed by atoms with E-state index in [1.54, 1.807) is 6.07 Å². The highest BCUT2D eigenvalue weighted by atomic mass is 19.1. The Kier molecular flexibility index (Phi) is 4.28. The summed E-state index contributed by atoms with van der Waals surface area (Å²) in [6, 6.07) is 3.22. The Hall–Kier alpha value is -1.45. The topological polar surface area (TPSA) is 42.0 Å². The van der Waals surface area contributed by atoms with Crippen LogP contribution in [0.5, 0.6) is 0 Å². The average Bonchev–Trinajstić information content (AvgIpc) is 2.40. The van der Waals surface area contributed by atoms with Crippen LogP contribution in [0.3, 0.4) is 0 Å². The van der Waals surface area contributed by atoms with E-state index >= 15 is 0 Å². The molecule has 1 aromatic rings. The molecule has 1 fully saturated rings. The smallest absolute Gasteiger partial charge is 0.256 e. The number of hydrogen-bond donors (Lipinski definition) is 1. The summed E-state index contributed by atoms with van der Waals surface area (Å²) in [5.74, 6) is -0.258. The molecule has 0 spiro atoms. The molecule has 1 amide bonds. The molecule has 0 saturated heterocycles. The van der Waals surface area contributed by atoms with Gasteiger partial charge in [-0.3, -0.25) is 4.79 Å². The molecule has 3 nitrogen and oxygen atoms in total. The van der Waals surface area contributed by atoms with Gasteiger partial charge in [-0.2, -0.15) is 4.39 Å². The Bertz CT molecular complexity index is 414. The van der Waals surface area contributed by atoms with Gasteiger partial charge < -0.3 is 5.32 Å². The van der Waals surface area contributed by atoms with Crippen LogP contribution in [0.25, 0.3) is 0 Å². The third-order valence-electron chi connectivity index (χ3n) is 3.76. The van der Waals surface area contributed by atoms with Crippen LogP contribution < -0.4 is 5.32 Å². The fourth-order valence-corrected chi connectivity index (χ4v) is 2.53. The van der Waals surface area contributed by atoms with Crippen molar-refractivity contribution >= 4 is 5.91 Å². The van der Waals surface area contributed by atoms with Gasteiger partial charge in [-0.25, -0.2) is 4.98 Å². The van der Waals surface area contributed by atoms with E-state index < -0.39 is 5.95 Å². The molecular formula is C14H19FN2O. The van der Waals surface area contributed by atoms with E-state index in [-0.39, 0.29) is 17.5 Å². The van der Waals surface area contributed by atoms with Crippen molar-refractivity contribution in [3.63, 3.8) is 0 Å². The third-order valence-corrected chi connectivity index (χ3v) is 3.76. The molecule has 2 rings (SSSR count). The fourth-order valence-electron chi connectivity index (χ4n) is 2.53. The summed E-state index contributed by atoms with van der Waals surface area (Å²) < 4.78 is 13.3. The zero-order chi connectivity index (χ0) is 13.0. The maximum absolute atomic E-state index is 13.3. The predicted octanol–water partition coefficient (Wildman–Crippen LogP) is 2.92. The Morgan fingerprint density at radius 3 is 2.78 bits per heavy atom. The lowest BCUT2D eigenvalue weighted by Crippen LogP contribution is -2.38. The van der Waals surface area contributed by atoms with E-state index in [0.29, 0.717) is 0 Å². The van der Waals surface area contributed by atoms with Gasteiger partial charge in [-0.1, -0.05) is 13.3 Å². The average molecular weight is 250 g/mol. The Balaban J connectivity index is 1.91. The number of rotatable bonds is 3. The Morgan fingerprint density at radius 1 is 1.44 bits per heavy atom. The van der Waals surface area contributed by atoms with Gasteiger partial charge in [0.1, 0.15) is 0 Å². The van der Waals surface area contributed by atoms with E-state index in [9.17, 15) is 9.18 Å². The Labute approximate surface area is 107 Å². The molecule has 0 aliphatic heterocycles. The largest absolute Gasteiger partial charge is 0.349 e. The lowest BCUT2D eigenvalue weighted by Gasteiger charge is -2.28. The van der Waals surface area contributed by atoms with Crippen LogP contribution in [-0.4, -0.2) is 16.9 Å². The molecule has 1 N–H and O–H groups in total. The van der Waals surface area contributed by atoms with Gasteiger partial charge in [0.25, 0.3) is 5.91 Å². The summed E-state index contributed by atoms with van der Waals surface area (Å²) in [4.78, 5) is 15.4. The number of halogens is 1. The van der Waals surface area contributed by atoms with Gasteiger partial charge in [0.05, 0.1) is 5.56 Å². The molecule has 1 aromatic heterocycles. The molecule has 0 aromatic carbocycles. The highest BCUT2D eigenvalue weighted by molar-refractivity contribution is 5.94. The van der Waals surface area contributed by atoms with Crippen molar-refractivity contribution in [3.05, 3.63) is 29.8 Å². The van der Waals surface area contributed by atoms with E-state index in [1.165, 1.54) is 18.7 Å². The molecule has 0 radical (unpaired) electrons. The minimum absolute atomic E-state index is 0.0371. The summed E-state index contributed by atoms with van der Waals surface area (Å²) in [6.45, 7) is 2.20. The normalized spacial score (nSPS) is 23.7. The quantitative estimate of drug-likeness (QED) is 0.838. The van der Waals surface area contributed by atoms with Crippen LogP contribution in [-0.2, 0) is 0 Å². The van der Waals surface area contributed by atoms with Crippen molar-refractivity contribution in [2.75, 3.05) is 0 Å². The van der Waals surface area contributed by atoms with Crippen molar-refractivity contribution in [2.24, 2.45) is 5.92 Å². The summed E-state index contributed by atoms with van der Waals surface area (Å²) in [5, 5.41) is 2.90. The van der Waals surface area contributed by atoms with Crippen LogP contribution in [0.4, 0.5) is 4.39 Å². The fraction of sp³-hybridized carbons (Fsp3) is 0.571. The van der Waals surface area contributed by atoms with E-state index in [1.807, 2.05) is 0 Å². The first kappa shape index (κ1) is 13.0. The number of amides is 1. The Morgan fingerprint density at radius 2 is 2.17 bits per heavy atom. The molecule has 1 saturated carbocycles. The van der Waals surface area contributed by atoms with Crippen LogP contribution in [0.2, 0.25) is 0 Å². The third kappa shape index (κ3) is 3.06. The first-order valence-electron chi connectivity index (χ1n) is 6.62. The molecular weight excluding hydrogens is 231 g/mol. The number of pyridine rings is 1. The van der Waals surface area contributed by atoms with E-state index in [2.05, 4.69) is 17.2 Å². The van der Waals surface area contributed by atoms with E-state index in [0.717, 1.165) is 31.6 Å². The van der Waals surface area contributed by atoms with Crippen molar-refractivity contribution in [2.45, 2.75) is 45.1 Å². The predicted molar refractivity (Wildman–Crippen MR) is 67.7 cm³/mol. The summed E-state index contributed by atoms with van der Waals surface area (Å²) in [6.07, 6.45) is 6.84. The molecule has 0 bridgehead atoms. The molecule has 0 unspecified atom stereocenters. The van der Waals surface area contributed by atoms with Gasteiger partial charge in [0.15, 0.2) is 0 Å². The summed E-state index contributed by atoms with van der Waals surface area (Å²) >= 11 is 0. The monoisotopic (exact) mass is 250 g/mol. The number of nitrogens with one attached hydrogen (secondary N) is 1. The van der Waals surface area contributed by atoms with E-state index in [4.69, 9.17) is 0 Å². The first-order chi connectivity index (χ1) is 8.70. The van der Waals surface area contributed by atoms with Crippen LogP contribution in [0.1, 0.15) is 49.4 Å². The zero-order valence-corrected chi connectivity index (χ0v) is 10.7. The lowest BCUT2D eigenvalue weighted by molar-refractivity contribution is 0.0916. The second-order valence-electron chi connectivity index (χ2n) is 4.94. The number of hydrogen-bond acceptors (Lipinski definition) is 2.